The number of hydrogen-bond acceptors (Lipinski definition) is 5. The first-order valence-corrected chi connectivity index (χ1v) is 28.0. The smallest absolute Gasteiger partial charge is 0.143 e. The Bertz CT molecular complexity index is 4180. The van der Waals surface area contributed by atoms with E-state index >= 15 is 0 Å². The Balaban J connectivity index is 1.01. The van der Waals surface area contributed by atoms with E-state index in [0.717, 1.165) is 66.7 Å². The molecule has 80 heavy (non-hydrogen) atoms. The van der Waals surface area contributed by atoms with Crippen LogP contribution in [0.5, 0.6) is 23.0 Å². The van der Waals surface area contributed by atoms with Gasteiger partial charge in [-0.2, -0.15) is 0 Å². The fourth-order valence-electron chi connectivity index (χ4n) is 10.7. The molecule has 2 aromatic heterocycles. The Labute approximate surface area is 482 Å². The van der Waals surface area contributed by atoms with E-state index in [9.17, 15) is 2.74 Å². The van der Waals surface area contributed by atoms with E-state index in [-0.39, 0.29) is 39.3 Å². The summed E-state index contributed by atoms with van der Waals surface area (Å²) >= 11 is 0. The van der Waals surface area contributed by atoms with Crippen molar-refractivity contribution in [1.29, 1.82) is 0 Å². The number of pyridine rings is 1. The molecule has 3 heterocycles. The van der Waals surface area contributed by atoms with E-state index < -0.39 is 23.5 Å². The van der Waals surface area contributed by atoms with Crippen molar-refractivity contribution in [2.45, 2.75) is 131 Å². The van der Waals surface area contributed by atoms with Crippen LogP contribution in [0, 0.1) is 0 Å². The number of aromatic nitrogens is 2. The van der Waals surface area contributed by atoms with Crippen molar-refractivity contribution in [1.82, 2.24) is 9.55 Å². The van der Waals surface area contributed by atoms with Crippen LogP contribution in [-0.4, -0.2) is 16.2 Å². The summed E-state index contributed by atoms with van der Waals surface area (Å²) in [5.41, 5.74) is 13.3. The van der Waals surface area contributed by atoms with Gasteiger partial charge >= 0.3 is 0 Å². The quantitative estimate of drug-likeness (QED) is 0.144. The number of benzene rings is 8. The number of ether oxygens (including phenoxy) is 2. The standard InChI is InChI=1S/C74H78N4O2/c1-70(2,3)50-36-49(37-51(38-50)71(4,5)6)63-43-54(74(13,14)15)42-62(48-24-17-16-18-25-48)69(63)80-59-34-35-75-68(46-59)78-64-29-20-19-28-60(64)61-33-32-58(45-67(61)78)79-57-27-23-26-55(44-57)76-47-77(66-31-22-21-30-65(66)76)56-40-52(72(7,8)9)39-53(41-56)73(10,11)12/h16-46H,47H2,1-15H3/i16D,17D,18D,24D,25D. The molecule has 6 nitrogen and oxygen atoms in total. The topological polar surface area (TPSA) is 42.8 Å². The van der Waals surface area contributed by atoms with Crippen LogP contribution in [0.15, 0.2) is 188 Å². The maximum Gasteiger partial charge on any atom is 0.143 e. The largest absolute Gasteiger partial charge is 0.457 e. The summed E-state index contributed by atoms with van der Waals surface area (Å²) in [5.74, 6) is 2.74. The van der Waals surface area contributed by atoms with E-state index in [0.29, 0.717) is 41.0 Å². The highest BCUT2D eigenvalue weighted by Crippen LogP contribution is 2.49. The Morgan fingerprint density at radius 2 is 0.925 bits per heavy atom. The first kappa shape index (κ1) is 47.9. The van der Waals surface area contributed by atoms with Gasteiger partial charge in [0, 0.05) is 57.7 Å². The number of anilines is 4. The summed E-state index contributed by atoms with van der Waals surface area (Å²) in [5, 5.41) is 2.05. The molecule has 406 valence electrons. The molecule has 0 radical (unpaired) electrons. The van der Waals surface area contributed by atoms with E-state index in [2.05, 4.69) is 227 Å². The van der Waals surface area contributed by atoms with Gasteiger partial charge in [-0.25, -0.2) is 4.98 Å². The van der Waals surface area contributed by atoms with Gasteiger partial charge in [-0.05, 0) is 139 Å². The van der Waals surface area contributed by atoms with Gasteiger partial charge in [-0.1, -0.05) is 195 Å². The summed E-state index contributed by atoms with van der Waals surface area (Å²) in [6.45, 7) is 33.9. The summed E-state index contributed by atoms with van der Waals surface area (Å²) in [6.07, 6.45) is 1.73. The molecule has 0 saturated heterocycles. The van der Waals surface area contributed by atoms with Gasteiger partial charge in [0.05, 0.1) is 29.3 Å². The van der Waals surface area contributed by atoms with Crippen molar-refractivity contribution in [2.24, 2.45) is 0 Å². The first-order chi connectivity index (χ1) is 39.8. The second kappa shape index (κ2) is 19.9. The Morgan fingerprint density at radius 1 is 0.412 bits per heavy atom. The van der Waals surface area contributed by atoms with Crippen LogP contribution in [0.2, 0.25) is 0 Å². The fraction of sp³-hybridized carbons (Fsp3) is 0.284. The lowest BCUT2D eigenvalue weighted by molar-refractivity contribution is 0.483. The van der Waals surface area contributed by atoms with Crippen molar-refractivity contribution in [2.75, 3.05) is 16.5 Å². The summed E-state index contributed by atoms with van der Waals surface area (Å²) in [7, 11) is 0. The lowest BCUT2D eigenvalue weighted by Crippen LogP contribution is -2.25. The molecule has 0 fully saturated rings. The van der Waals surface area contributed by atoms with Gasteiger partial charge in [0.15, 0.2) is 0 Å². The zero-order valence-electron chi connectivity index (χ0n) is 54.3. The molecule has 8 aromatic carbocycles. The molecule has 1 aliphatic rings. The second-order valence-corrected chi connectivity index (χ2v) is 26.8. The third-order valence-corrected chi connectivity index (χ3v) is 15.6. The van der Waals surface area contributed by atoms with Crippen LogP contribution in [0.1, 0.15) is 139 Å². The number of rotatable bonds is 9. The summed E-state index contributed by atoms with van der Waals surface area (Å²) in [6, 6.07) is 51.0. The molecule has 0 unspecified atom stereocenters. The lowest BCUT2D eigenvalue weighted by atomic mass is 9.77. The predicted octanol–water partition coefficient (Wildman–Crippen LogP) is 20.8. The monoisotopic (exact) mass is 1060 g/mol. The van der Waals surface area contributed by atoms with Gasteiger partial charge in [0.1, 0.15) is 35.5 Å². The minimum absolute atomic E-state index is 0.0264. The van der Waals surface area contributed by atoms with Crippen LogP contribution in [-0.2, 0) is 27.1 Å². The van der Waals surface area contributed by atoms with Crippen LogP contribution in [0.4, 0.5) is 22.7 Å². The van der Waals surface area contributed by atoms with Crippen LogP contribution < -0.4 is 19.3 Å². The molecule has 0 spiro atoms. The van der Waals surface area contributed by atoms with Crippen molar-refractivity contribution < 1.29 is 16.3 Å². The third-order valence-electron chi connectivity index (χ3n) is 15.6. The summed E-state index contributed by atoms with van der Waals surface area (Å²) < 4.78 is 61.2. The molecule has 6 heteroatoms. The Kier molecular flexibility index (Phi) is 11.9. The van der Waals surface area contributed by atoms with E-state index in [1.807, 2.05) is 42.5 Å². The second-order valence-electron chi connectivity index (χ2n) is 26.8. The highest BCUT2D eigenvalue weighted by Gasteiger charge is 2.31. The van der Waals surface area contributed by atoms with Crippen molar-refractivity contribution in [3.05, 3.63) is 216 Å². The van der Waals surface area contributed by atoms with E-state index in [1.54, 1.807) is 6.20 Å². The average molecular weight is 1060 g/mol. The van der Waals surface area contributed by atoms with Crippen molar-refractivity contribution in [3.63, 3.8) is 0 Å². The van der Waals surface area contributed by atoms with Gasteiger partial charge in [-0.3, -0.25) is 4.57 Å². The molecule has 0 N–H and O–H groups in total. The SMILES string of the molecule is [2H]c1c([2H])c([2H])c(-c2cc(C(C)(C)C)cc(-c3cc(C(C)(C)C)cc(C(C)(C)C)c3)c2Oc2ccnc(-n3c4ccccc4c4ccc(Oc5cccc(N6CN(c7cc(C(C)(C)C)cc(C(C)(C)C)c7)c7ccccc76)c5)cc43)c2)c([2H])c1[2H]. The van der Waals surface area contributed by atoms with Gasteiger partial charge in [0.25, 0.3) is 0 Å². The molecular formula is C74H78N4O2. The predicted molar refractivity (Wildman–Crippen MR) is 338 cm³/mol. The van der Waals surface area contributed by atoms with Crippen LogP contribution in [0.25, 0.3) is 49.9 Å². The zero-order chi connectivity index (χ0) is 61.0. The normalized spacial score (nSPS) is 14.2. The third kappa shape index (κ3) is 10.6. The fourth-order valence-corrected chi connectivity index (χ4v) is 10.7. The highest BCUT2D eigenvalue weighted by atomic mass is 16.5. The molecule has 11 rings (SSSR count). The van der Waals surface area contributed by atoms with E-state index in [1.165, 1.54) is 16.8 Å². The maximum absolute atomic E-state index is 9.35. The van der Waals surface area contributed by atoms with Gasteiger partial charge < -0.3 is 19.3 Å². The average Bonchev–Trinajstić information content (AvgIpc) is 1.86. The molecule has 1 aliphatic heterocycles. The Morgan fingerprint density at radius 3 is 1.54 bits per heavy atom. The number of fused-ring (bicyclic) bond motifs is 4. The molecule has 0 atom stereocenters. The molecule has 0 saturated carbocycles. The molecule has 10 aromatic rings. The maximum atomic E-state index is 9.35. The Hall–Kier alpha value is -8.09. The zero-order valence-corrected chi connectivity index (χ0v) is 49.3. The van der Waals surface area contributed by atoms with Crippen LogP contribution >= 0.6 is 0 Å². The molecular weight excluding hydrogens is 977 g/mol. The molecule has 0 aliphatic carbocycles. The highest BCUT2D eigenvalue weighted by molar-refractivity contribution is 6.09. The molecule has 0 bridgehead atoms. The number of para-hydroxylation sites is 3. The van der Waals surface area contributed by atoms with Gasteiger partial charge in [-0.15, -0.1) is 0 Å². The van der Waals surface area contributed by atoms with E-state index in [4.69, 9.17) is 18.6 Å². The summed E-state index contributed by atoms with van der Waals surface area (Å²) in [4.78, 5) is 9.79. The van der Waals surface area contributed by atoms with Crippen LogP contribution in [0.3, 0.4) is 0 Å². The number of nitrogens with zero attached hydrogens (tertiary/aromatic N) is 4. The lowest BCUT2D eigenvalue weighted by Gasteiger charge is -2.29. The van der Waals surface area contributed by atoms with Crippen molar-refractivity contribution in [3.8, 4) is 51.1 Å². The van der Waals surface area contributed by atoms with Crippen molar-refractivity contribution >= 4 is 44.6 Å². The molecule has 0 amide bonds. The minimum Gasteiger partial charge on any atom is -0.457 e. The minimum atomic E-state index is -0.457. The van der Waals surface area contributed by atoms with Gasteiger partial charge in [0.2, 0.25) is 0 Å². The number of hydrogen-bond donors (Lipinski definition) is 0. The first-order valence-electron chi connectivity index (χ1n) is 30.5.